The number of rotatable bonds is 6. The summed E-state index contributed by atoms with van der Waals surface area (Å²) in [5.41, 5.74) is 6.19. The van der Waals surface area contributed by atoms with E-state index in [1.54, 1.807) is 17.9 Å². The van der Waals surface area contributed by atoms with Crippen LogP contribution in [0.1, 0.15) is 11.3 Å². The van der Waals surface area contributed by atoms with Crippen LogP contribution in [0.4, 0.5) is 4.39 Å². The zero-order valence-electron chi connectivity index (χ0n) is 11.6. The Morgan fingerprint density at radius 1 is 1.38 bits per heavy atom. The largest absolute Gasteiger partial charge is 0.326 e. The summed E-state index contributed by atoms with van der Waals surface area (Å²) < 4.78 is 42.1. The molecule has 0 unspecified atom stereocenters. The lowest BCUT2D eigenvalue weighted by molar-refractivity contribution is 0.571. The van der Waals surface area contributed by atoms with Crippen LogP contribution in [0.5, 0.6) is 0 Å². The van der Waals surface area contributed by atoms with E-state index in [0.717, 1.165) is 5.69 Å². The summed E-state index contributed by atoms with van der Waals surface area (Å²) in [6.45, 7) is 0.00300. The Balaban J connectivity index is 2.10. The van der Waals surface area contributed by atoms with Gasteiger partial charge in [0.2, 0.25) is 10.0 Å². The van der Waals surface area contributed by atoms with Crippen LogP contribution < -0.4 is 10.5 Å². The summed E-state index contributed by atoms with van der Waals surface area (Å²) in [6, 6.07) is 5.69. The first-order valence-electron chi connectivity index (χ1n) is 6.39. The minimum Gasteiger partial charge on any atom is -0.326 e. The normalized spacial score (nSPS) is 11.8. The average molecular weight is 312 g/mol. The standard InChI is InChI=1S/C13H17FN4O2S/c1-18-8-6-10(17-18)5-7-16-21(19,20)13-4-2-3-12(14)11(13)9-15/h2-4,6,8,16H,5,7,9,15H2,1H3. The molecule has 0 aliphatic heterocycles. The van der Waals surface area contributed by atoms with Crippen LogP contribution in [0.3, 0.4) is 0 Å². The first-order valence-corrected chi connectivity index (χ1v) is 7.88. The fraction of sp³-hybridized carbons (Fsp3) is 0.308. The molecule has 0 spiro atoms. The highest BCUT2D eigenvalue weighted by Gasteiger charge is 2.19. The van der Waals surface area contributed by atoms with E-state index in [0.29, 0.717) is 6.42 Å². The van der Waals surface area contributed by atoms with Crippen molar-refractivity contribution in [3.63, 3.8) is 0 Å². The van der Waals surface area contributed by atoms with Crippen molar-refractivity contribution in [1.29, 1.82) is 0 Å². The Morgan fingerprint density at radius 2 is 2.14 bits per heavy atom. The van der Waals surface area contributed by atoms with Crippen molar-refractivity contribution in [3.8, 4) is 0 Å². The fourth-order valence-electron chi connectivity index (χ4n) is 1.98. The van der Waals surface area contributed by atoms with E-state index in [1.165, 1.54) is 18.2 Å². The summed E-state index contributed by atoms with van der Waals surface area (Å²) in [7, 11) is -2.01. The van der Waals surface area contributed by atoms with Gasteiger partial charge in [0.05, 0.1) is 10.6 Å². The third-order valence-electron chi connectivity index (χ3n) is 3.01. The molecule has 21 heavy (non-hydrogen) atoms. The van der Waals surface area contributed by atoms with Gasteiger partial charge in [-0.25, -0.2) is 17.5 Å². The maximum absolute atomic E-state index is 13.6. The SMILES string of the molecule is Cn1ccc(CCNS(=O)(=O)c2cccc(F)c2CN)n1. The van der Waals surface area contributed by atoms with E-state index >= 15 is 0 Å². The van der Waals surface area contributed by atoms with E-state index in [1.807, 2.05) is 6.07 Å². The van der Waals surface area contributed by atoms with E-state index in [4.69, 9.17) is 5.73 Å². The van der Waals surface area contributed by atoms with Crippen LogP contribution >= 0.6 is 0 Å². The van der Waals surface area contributed by atoms with Crippen LogP contribution in [-0.4, -0.2) is 24.7 Å². The van der Waals surface area contributed by atoms with Gasteiger partial charge in [-0.2, -0.15) is 5.10 Å². The van der Waals surface area contributed by atoms with Gasteiger partial charge >= 0.3 is 0 Å². The van der Waals surface area contributed by atoms with Crippen molar-refractivity contribution in [3.05, 3.63) is 47.5 Å². The van der Waals surface area contributed by atoms with Crippen molar-refractivity contribution < 1.29 is 12.8 Å². The van der Waals surface area contributed by atoms with Gasteiger partial charge in [-0.05, 0) is 18.2 Å². The molecular formula is C13H17FN4O2S. The second kappa shape index (κ2) is 6.33. The molecule has 0 radical (unpaired) electrons. The Hall–Kier alpha value is -1.77. The summed E-state index contributed by atoms with van der Waals surface area (Å²) in [5.74, 6) is -0.620. The number of nitrogens with two attached hydrogens (primary N) is 1. The first kappa shape index (κ1) is 15.6. The smallest absolute Gasteiger partial charge is 0.241 e. The molecule has 1 heterocycles. The predicted molar refractivity (Wildman–Crippen MR) is 76.4 cm³/mol. The van der Waals surface area contributed by atoms with Gasteiger partial charge in [0.1, 0.15) is 5.82 Å². The molecule has 0 saturated carbocycles. The number of halogens is 1. The number of nitrogens with zero attached hydrogens (tertiary/aromatic N) is 2. The molecule has 8 heteroatoms. The molecule has 6 nitrogen and oxygen atoms in total. The lowest BCUT2D eigenvalue weighted by Crippen LogP contribution is -2.27. The number of nitrogens with one attached hydrogen (secondary N) is 1. The molecule has 3 N–H and O–H groups in total. The molecular weight excluding hydrogens is 295 g/mol. The number of sulfonamides is 1. The molecule has 0 fully saturated rings. The van der Waals surface area contributed by atoms with Crippen molar-refractivity contribution in [2.75, 3.05) is 6.54 Å². The van der Waals surface area contributed by atoms with Crippen LogP contribution in [0.15, 0.2) is 35.4 Å². The van der Waals surface area contributed by atoms with Crippen LogP contribution in [0.2, 0.25) is 0 Å². The Bertz CT molecular complexity index is 728. The van der Waals surface area contributed by atoms with Gasteiger partial charge < -0.3 is 5.73 Å². The maximum atomic E-state index is 13.6. The molecule has 0 bridgehead atoms. The molecule has 0 amide bonds. The monoisotopic (exact) mass is 312 g/mol. The molecule has 114 valence electrons. The van der Waals surface area contributed by atoms with Crippen LogP contribution in [0.25, 0.3) is 0 Å². The van der Waals surface area contributed by atoms with E-state index in [-0.39, 0.29) is 23.5 Å². The fourth-order valence-corrected chi connectivity index (χ4v) is 3.27. The molecule has 0 saturated heterocycles. The summed E-state index contributed by atoms with van der Waals surface area (Å²) >= 11 is 0. The van der Waals surface area contributed by atoms with Crippen molar-refractivity contribution in [1.82, 2.24) is 14.5 Å². The lowest BCUT2D eigenvalue weighted by Gasteiger charge is -2.10. The number of aromatic nitrogens is 2. The number of benzene rings is 1. The maximum Gasteiger partial charge on any atom is 0.241 e. The minimum atomic E-state index is -3.79. The molecule has 0 atom stereocenters. The highest BCUT2D eigenvalue weighted by Crippen LogP contribution is 2.18. The number of hydrogen-bond acceptors (Lipinski definition) is 4. The van der Waals surface area contributed by atoms with Gasteiger partial charge in [0, 0.05) is 38.3 Å². The summed E-state index contributed by atoms with van der Waals surface area (Å²) in [6.07, 6.45) is 2.23. The second-order valence-corrected chi connectivity index (χ2v) is 6.28. The highest BCUT2D eigenvalue weighted by molar-refractivity contribution is 7.89. The second-order valence-electron chi connectivity index (χ2n) is 4.55. The van der Waals surface area contributed by atoms with Crippen LogP contribution in [0, 0.1) is 5.82 Å². The zero-order valence-corrected chi connectivity index (χ0v) is 12.4. The molecule has 2 rings (SSSR count). The quantitative estimate of drug-likeness (QED) is 0.814. The Kier molecular flexibility index (Phi) is 4.71. The molecule has 0 aliphatic carbocycles. The Morgan fingerprint density at radius 3 is 2.76 bits per heavy atom. The minimum absolute atomic E-state index is 0.0113. The van der Waals surface area contributed by atoms with Crippen LogP contribution in [-0.2, 0) is 30.0 Å². The topological polar surface area (TPSA) is 90.0 Å². The van der Waals surface area contributed by atoms with Gasteiger partial charge in [-0.1, -0.05) is 6.07 Å². The van der Waals surface area contributed by atoms with Gasteiger partial charge in [0.15, 0.2) is 0 Å². The zero-order chi connectivity index (χ0) is 15.5. The average Bonchev–Trinajstić information content (AvgIpc) is 2.84. The molecule has 1 aromatic heterocycles. The Labute approximate surface area is 122 Å². The molecule has 2 aromatic rings. The molecule has 1 aromatic carbocycles. The third-order valence-corrected chi connectivity index (χ3v) is 4.56. The lowest BCUT2D eigenvalue weighted by atomic mass is 10.2. The van der Waals surface area contributed by atoms with E-state index in [9.17, 15) is 12.8 Å². The van der Waals surface area contributed by atoms with Crippen molar-refractivity contribution in [2.24, 2.45) is 12.8 Å². The van der Waals surface area contributed by atoms with Crippen molar-refractivity contribution in [2.45, 2.75) is 17.9 Å². The van der Waals surface area contributed by atoms with Gasteiger partial charge in [-0.15, -0.1) is 0 Å². The predicted octanol–water partition coefficient (Wildman–Crippen LogP) is 0.539. The van der Waals surface area contributed by atoms with Crippen molar-refractivity contribution >= 4 is 10.0 Å². The number of hydrogen-bond donors (Lipinski definition) is 2. The summed E-state index contributed by atoms with van der Waals surface area (Å²) in [4.78, 5) is -0.119. The van der Waals surface area contributed by atoms with Gasteiger partial charge in [-0.3, -0.25) is 4.68 Å². The van der Waals surface area contributed by atoms with E-state index in [2.05, 4.69) is 9.82 Å². The van der Waals surface area contributed by atoms with Gasteiger partial charge in [0.25, 0.3) is 0 Å². The molecule has 0 aliphatic rings. The van der Waals surface area contributed by atoms with E-state index < -0.39 is 15.8 Å². The summed E-state index contributed by atoms with van der Waals surface area (Å²) in [5, 5.41) is 4.15. The highest BCUT2D eigenvalue weighted by atomic mass is 32.2. The number of aryl methyl sites for hydroxylation is 1. The first-order chi connectivity index (χ1) is 9.94. The third kappa shape index (κ3) is 3.66.